The first-order valence-corrected chi connectivity index (χ1v) is 6.79. The van der Waals surface area contributed by atoms with Crippen molar-refractivity contribution in [1.29, 1.82) is 0 Å². The van der Waals surface area contributed by atoms with Crippen molar-refractivity contribution in [3.63, 3.8) is 0 Å². The highest BCUT2D eigenvalue weighted by Gasteiger charge is 2.08. The fourth-order valence-electron chi connectivity index (χ4n) is 2.15. The third-order valence-corrected chi connectivity index (χ3v) is 3.26. The summed E-state index contributed by atoms with van der Waals surface area (Å²) in [6.45, 7) is 1.12. The maximum atomic E-state index is 12.3. The number of hydrogen-bond donors (Lipinski definition) is 1. The van der Waals surface area contributed by atoms with Gasteiger partial charge in [0.25, 0.3) is 5.56 Å². The molecule has 0 fully saturated rings. The molecular weight excluding hydrogens is 270 g/mol. The summed E-state index contributed by atoms with van der Waals surface area (Å²) in [5, 5.41) is 0. The molecule has 0 aliphatic rings. The number of methoxy groups -OCH3 is 1. The molecule has 112 valence electrons. The van der Waals surface area contributed by atoms with Crippen LogP contribution in [0.4, 0.5) is 0 Å². The number of aromatic nitrogens is 2. The van der Waals surface area contributed by atoms with E-state index >= 15 is 0 Å². The van der Waals surface area contributed by atoms with Crippen molar-refractivity contribution in [3.05, 3.63) is 62.9 Å². The Bertz CT molecular complexity index is 719. The molecule has 0 atom stereocenters. The molecule has 6 nitrogen and oxygen atoms in total. The van der Waals surface area contributed by atoms with E-state index in [0.717, 1.165) is 5.56 Å². The number of nitrogens with two attached hydrogens (primary N) is 1. The van der Waals surface area contributed by atoms with Crippen LogP contribution in [0.25, 0.3) is 0 Å². The maximum Gasteiger partial charge on any atom is 0.331 e. The third-order valence-electron chi connectivity index (χ3n) is 3.26. The van der Waals surface area contributed by atoms with Crippen LogP contribution in [-0.4, -0.2) is 22.8 Å². The van der Waals surface area contributed by atoms with Gasteiger partial charge in [0.15, 0.2) is 0 Å². The number of ether oxygens (including phenoxy) is 1. The first-order valence-electron chi connectivity index (χ1n) is 6.79. The Morgan fingerprint density at radius 3 is 2.67 bits per heavy atom. The van der Waals surface area contributed by atoms with E-state index in [1.165, 1.54) is 21.4 Å². The molecule has 0 unspecified atom stereocenters. The van der Waals surface area contributed by atoms with Crippen LogP contribution in [0, 0.1) is 0 Å². The summed E-state index contributed by atoms with van der Waals surface area (Å²) in [7, 11) is 1.59. The average molecular weight is 289 g/mol. The fraction of sp³-hybridized carbons (Fsp3) is 0.333. The Labute approximate surface area is 122 Å². The van der Waals surface area contributed by atoms with Gasteiger partial charge in [0, 0.05) is 24.4 Å². The Morgan fingerprint density at radius 2 is 1.95 bits per heavy atom. The van der Waals surface area contributed by atoms with Gasteiger partial charge in [0.1, 0.15) is 5.75 Å². The second-order valence-corrected chi connectivity index (χ2v) is 4.67. The Hall–Kier alpha value is -2.34. The fourth-order valence-corrected chi connectivity index (χ4v) is 2.15. The van der Waals surface area contributed by atoms with E-state index in [4.69, 9.17) is 10.5 Å². The van der Waals surface area contributed by atoms with E-state index in [-0.39, 0.29) is 11.2 Å². The minimum Gasteiger partial charge on any atom is -0.496 e. The summed E-state index contributed by atoms with van der Waals surface area (Å²) < 4.78 is 7.98. The second kappa shape index (κ2) is 6.90. The standard InChI is InChI=1S/C15H19N3O3/c1-21-13-6-3-2-5-12(13)11-17-10-7-14(19)18(15(17)20)9-4-8-16/h2-3,5-7,10H,4,8-9,11,16H2,1H3. The molecule has 0 spiro atoms. The molecule has 0 saturated heterocycles. The van der Waals surface area contributed by atoms with Crippen molar-refractivity contribution in [2.24, 2.45) is 5.73 Å². The van der Waals surface area contributed by atoms with Crippen LogP contribution in [0.5, 0.6) is 5.75 Å². The normalized spacial score (nSPS) is 10.6. The topological polar surface area (TPSA) is 79.2 Å². The number of nitrogens with zero attached hydrogens (tertiary/aromatic N) is 2. The highest BCUT2D eigenvalue weighted by atomic mass is 16.5. The van der Waals surface area contributed by atoms with Gasteiger partial charge in [-0.05, 0) is 19.0 Å². The highest BCUT2D eigenvalue weighted by molar-refractivity contribution is 5.33. The SMILES string of the molecule is COc1ccccc1Cn1ccc(=O)n(CCCN)c1=O. The van der Waals surface area contributed by atoms with Crippen LogP contribution < -0.4 is 21.7 Å². The lowest BCUT2D eigenvalue weighted by Crippen LogP contribution is -2.39. The van der Waals surface area contributed by atoms with Crippen molar-refractivity contribution in [3.8, 4) is 5.75 Å². The van der Waals surface area contributed by atoms with Gasteiger partial charge in [0.05, 0.1) is 13.7 Å². The maximum absolute atomic E-state index is 12.3. The van der Waals surface area contributed by atoms with E-state index < -0.39 is 0 Å². The molecule has 1 heterocycles. The average Bonchev–Trinajstić information content (AvgIpc) is 2.50. The van der Waals surface area contributed by atoms with Crippen molar-refractivity contribution in [2.45, 2.75) is 19.5 Å². The zero-order valence-electron chi connectivity index (χ0n) is 12.0. The monoisotopic (exact) mass is 289 g/mol. The van der Waals surface area contributed by atoms with Crippen molar-refractivity contribution >= 4 is 0 Å². The number of para-hydroxylation sites is 1. The molecule has 2 aromatic rings. The van der Waals surface area contributed by atoms with Crippen LogP contribution >= 0.6 is 0 Å². The Kier molecular flexibility index (Phi) is 4.94. The highest BCUT2D eigenvalue weighted by Crippen LogP contribution is 2.17. The molecular formula is C15H19N3O3. The van der Waals surface area contributed by atoms with Gasteiger partial charge in [-0.2, -0.15) is 0 Å². The first-order chi connectivity index (χ1) is 10.2. The summed E-state index contributed by atoms with van der Waals surface area (Å²) in [5.41, 5.74) is 5.68. The van der Waals surface area contributed by atoms with E-state index in [1.807, 2.05) is 24.3 Å². The number of rotatable bonds is 6. The van der Waals surface area contributed by atoms with Gasteiger partial charge >= 0.3 is 5.69 Å². The molecule has 0 amide bonds. The molecule has 2 N–H and O–H groups in total. The molecule has 6 heteroatoms. The van der Waals surface area contributed by atoms with E-state index in [2.05, 4.69) is 0 Å². The van der Waals surface area contributed by atoms with Crippen molar-refractivity contribution in [1.82, 2.24) is 9.13 Å². The first kappa shape index (κ1) is 15.1. The largest absolute Gasteiger partial charge is 0.496 e. The van der Waals surface area contributed by atoms with Crippen LogP contribution in [0.3, 0.4) is 0 Å². The van der Waals surface area contributed by atoms with Crippen LogP contribution in [-0.2, 0) is 13.1 Å². The quantitative estimate of drug-likeness (QED) is 0.835. The van der Waals surface area contributed by atoms with Crippen LogP contribution in [0.2, 0.25) is 0 Å². The molecule has 0 saturated carbocycles. The lowest BCUT2D eigenvalue weighted by molar-refractivity contribution is 0.407. The predicted molar refractivity (Wildman–Crippen MR) is 80.7 cm³/mol. The smallest absolute Gasteiger partial charge is 0.331 e. The van der Waals surface area contributed by atoms with Gasteiger partial charge in [0.2, 0.25) is 0 Å². The van der Waals surface area contributed by atoms with Crippen LogP contribution in [0.1, 0.15) is 12.0 Å². The summed E-state index contributed by atoms with van der Waals surface area (Å²) >= 11 is 0. The van der Waals surface area contributed by atoms with Crippen molar-refractivity contribution < 1.29 is 4.74 Å². The molecule has 0 bridgehead atoms. The summed E-state index contributed by atoms with van der Waals surface area (Å²) in [5.74, 6) is 0.712. The molecule has 0 radical (unpaired) electrons. The Morgan fingerprint density at radius 1 is 1.19 bits per heavy atom. The molecule has 0 aliphatic carbocycles. The lowest BCUT2D eigenvalue weighted by atomic mass is 10.2. The van der Waals surface area contributed by atoms with Crippen LogP contribution in [0.15, 0.2) is 46.1 Å². The van der Waals surface area contributed by atoms with Gasteiger partial charge in [-0.25, -0.2) is 4.79 Å². The molecule has 1 aromatic heterocycles. The minimum atomic E-state index is -0.332. The second-order valence-electron chi connectivity index (χ2n) is 4.67. The minimum absolute atomic E-state index is 0.301. The van der Waals surface area contributed by atoms with Gasteiger partial charge in [-0.1, -0.05) is 18.2 Å². The Balaban J connectivity index is 2.37. The zero-order valence-corrected chi connectivity index (χ0v) is 12.0. The van der Waals surface area contributed by atoms with Gasteiger partial charge in [-0.3, -0.25) is 13.9 Å². The summed E-state index contributed by atoms with van der Waals surface area (Å²) in [6.07, 6.45) is 2.10. The molecule has 1 aromatic carbocycles. The van der Waals surface area contributed by atoms with Gasteiger partial charge < -0.3 is 10.5 Å². The lowest BCUT2D eigenvalue weighted by Gasteiger charge is -2.12. The van der Waals surface area contributed by atoms with E-state index in [9.17, 15) is 9.59 Å². The predicted octanol–water partition coefficient (Wildman–Crippen LogP) is 0.416. The number of hydrogen-bond acceptors (Lipinski definition) is 4. The van der Waals surface area contributed by atoms with E-state index in [0.29, 0.717) is 31.8 Å². The molecule has 21 heavy (non-hydrogen) atoms. The van der Waals surface area contributed by atoms with Crippen molar-refractivity contribution in [2.75, 3.05) is 13.7 Å². The zero-order chi connectivity index (χ0) is 15.2. The summed E-state index contributed by atoms with van der Waals surface area (Å²) in [4.78, 5) is 24.1. The van der Waals surface area contributed by atoms with E-state index in [1.54, 1.807) is 7.11 Å². The molecule has 0 aliphatic heterocycles. The van der Waals surface area contributed by atoms with Gasteiger partial charge in [-0.15, -0.1) is 0 Å². The summed E-state index contributed by atoms with van der Waals surface area (Å²) in [6, 6.07) is 8.87. The number of benzene rings is 1. The third kappa shape index (κ3) is 3.41. The molecule has 2 rings (SSSR count).